The minimum atomic E-state index is -0.0588. The Morgan fingerprint density at radius 1 is 1.13 bits per heavy atom. The van der Waals surface area contributed by atoms with Crippen LogP contribution in [0.1, 0.15) is 45.8 Å². The molecule has 2 heterocycles. The van der Waals surface area contributed by atoms with E-state index in [0.29, 0.717) is 5.92 Å². The Morgan fingerprint density at radius 2 is 1.78 bits per heavy atom. The van der Waals surface area contributed by atoms with Gasteiger partial charge < -0.3 is 9.88 Å². The molecule has 0 radical (unpaired) electrons. The quantitative estimate of drug-likeness (QED) is 0.927. The molecule has 1 aliphatic rings. The Bertz CT molecular complexity index is 751. The van der Waals surface area contributed by atoms with E-state index in [9.17, 15) is 9.59 Å². The average Bonchev–Trinajstić information content (AvgIpc) is 2.55. The first kappa shape index (κ1) is 15.5. The van der Waals surface area contributed by atoms with E-state index in [1.165, 1.54) is 0 Å². The van der Waals surface area contributed by atoms with Crippen molar-refractivity contribution in [2.75, 3.05) is 13.1 Å². The molecular weight excluding hydrogens is 288 g/mol. The number of aromatic amines is 1. The number of amides is 1. The molecule has 0 spiro atoms. The summed E-state index contributed by atoms with van der Waals surface area (Å²) in [5.74, 6) is 0.490. The second kappa shape index (κ2) is 6.41. The Kier molecular flexibility index (Phi) is 4.33. The van der Waals surface area contributed by atoms with Gasteiger partial charge in [0.15, 0.2) is 0 Å². The number of aromatic nitrogens is 1. The molecule has 1 saturated heterocycles. The van der Waals surface area contributed by atoms with Gasteiger partial charge in [0.25, 0.3) is 5.91 Å². The van der Waals surface area contributed by atoms with Gasteiger partial charge in [0.1, 0.15) is 0 Å². The third-order valence-corrected chi connectivity index (χ3v) is 4.75. The van der Waals surface area contributed by atoms with Gasteiger partial charge in [-0.3, -0.25) is 9.59 Å². The molecule has 3 rings (SSSR count). The summed E-state index contributed by atoms with van der Waals surface area (Å²) in [5.41, 5.74) is 3.92. The minimum Gasteiger partial charge on any atom is -0.339 e. The number of hydrogen-bond donors (Lipinski definition) is 1. The lowest BCUT2D eigenvalue weighted by Gasteiger charge is -2.33. The van der Waals surface area contributed by atoms with Crippen molar-refractivity contribution in [2.24, 2.45) is 0 Å². The molecule has 2 aromatic rings. The summed E-state index contributed by atoms with van der Waals surface area (Å²) in [7, 11) is 0. The van der Waals surface area contributed by atoms with Gasteiger partial charge in [-0.1, -0.05) is 18.2 Å². The van der Waals surface area contributed by atoms with Crippen molar-refractivity contribution >= 4 is 5.91 Å². The third kappa shape index (κ3) is 3.21. The maximum atomic E-state index is 12.8. The van der Waals surface area contributed by atoms with Crippen molar-refractivity contribution in [2.45, 2.75) is 32.6 Å². The molecule has 23 heavy (non-hydrogen) atoms. The van der Waals surface area contributed by atoms with Crippen LogP contribution in [-0.4, -0.2) is 28.9 Å². The summed E-state index contributed by atoms with van der Waals surface area (Å²) < 4.78 is 0. The molecule has 1 aromatic carbocycles. The number of pyridine rings is 1. The van der Waals surface area contributed by atoms with Crippen molar-refractivity contribution in [3.63, 3.8) is 0 Å². The third-order valence-electron chi connectivity index (χ3n) is 4.75. The van der Waals surface area contributed by atoms with Crippen molar-refractivity contribution < 1.29 is 4.79 Å². The molecule has 1 fully saturated rings. The van der Waals surface area contributed by atoms with Crippen LogP contribution < -0.4 is 5.56 Å². The van der Waals surface area contributed by atoms with Crippen LogP contribution >= 0.6 is 0 Å². The lowest BCUT2D eigenvalue weighted by molar-refractivity contribution is 0.0711. The van der Waals surface area contributed by atoms with E-state index < -0.39 is 0 Å². The number of nitrogens with zero attached hydrogens (tertiary/aromatic N) is 1. The normalized spacial score (nSPS) is 15.7. The second-order valence-electron chi connectivity index (χ2n) is 6.32. The monoisotopic (exact) mass is 310 g/mol. The first-order chi connectivity index (χ1) is 11.1. The van der Waals surface area contributed by atoms with E-state index in [4.69, 9.17) is 0 Å². The summed E-state index contributed by atoms with van der Waals surface area (Å²) in [6, 6.07) is 9.61. The van der Waals surface area contributed by atoms with Gasteiger partial charge in [0.2, 0.25) is 5.56 Å². The smallest absolute Gasteiger partial charge is 0.254 e. The van der Waals surface area contributed by atoms with Crippen molar-refractivity contribution in [3.05, 3.63) is 69.1 Å². The van der Waals surface area contributed by atoms with Crippen LogP contribution in [-0.2, 0) is 0 Å². The van der Waals surface area contributed by atoms with E-state index in [0.717, 1.165) is 48.2 Å². The molecule has 0 saturated carbocycles. The fourth-order valence-corrected chi connectivity index (χ4v) is 3.44. The summed E-state index contributed by atoms with van der Waals surface area (Å²) in [4.78, 5) is 28.9. The molecule has 120 valence electrons. The van der Waals surface area contributed by atoms with Crippen LogP contribution in [0, 0.1) is 13.8 Å². The van der Waals surface area contributed by atoms with E-state index >= 15 is 0 Å². The van der Waals surface area contributed by atoms with Gasteiger partial charge in [-0.2, -0.15) is 0 Å². The molecule has 0 atom stereocenters. The van der Waals surface area contributed by atoms with Crippen molar-refractivity contribution in [1.82, 2.24) is 9.88 Å². The van der Waals surface area contributed by atoms with E-state index in [1.54, 1.807) is 12.3 Å². The largest absolute Gasteiger partial charge is 0.339 e. The zero-order chi connectivity index (χ0) is 16.4. The van der Waals surface area contributed by atoms with Gasteiger partial charge in [-0.15, -0.1) is 0 Å². The molecular formula is C19H22N2O2. The number of likely N-dealkylation sites (tertiary alicyclic amines) is 1. The SMILES string of the molecule is Cc1cccc(C)c1C(=O)N1CCC(c2cc[nH]c(=O)c2)CC1. The highest BCUT2D eigenvalue weighted by atomic mass is 16.2. The Morgan fingerprint density at radius 3 is 2.39 bits per heavy atom. The standard InChI is InChI=1S/C19H22N2O2/c1-13-4-3-5-14(2)18(13)19(23)21-10-7-15(8-11-21)16-6-9-20-17(22)12-16/h3-6,9,12,15H,7-8,10-11H2,1-2H3,(H,20,22). The minimum absolute atomic E-state index is 0.0588. The summed E-state index contributed by atoms with van der Waals surface area (Å²) in [5, 5.41) is 0. The Balaban J connectivity index is 1.72. The summed E-state index contributed by atoms with van der Waals surface area (Å²) >= 11 is 0. The number of aryl methyl sites for hydroxylation is 2. The van der Waals surface area contributed by atoms with Crippen LogP contribution in [0.3, 0.4) is 0 Å². The highest BCUT2D eigenvalue weighted by molar-refractivity contribution is 5.97. The van der Waals surface area contributed by atoms with Crippen LogP contribution in [0.4, 0.5) is 0 Å². The van der Waals surface area contributed by atoms with E-state index in [1.807, 2.05) is 43.0 Å². The maximum Gasteiger partial charge on any atom is 0.254 e. The number of hydrogen-bond acceptors (Lipinski definition) is 2. The molecule has 1 aliphatic heterocycles. The first-order valence-corrected chi connectivity index (χ1v) is 8.10. The zero-order valence-electron chi connectivity index (χ0n) is 13.6. The second-order valence-corrected chi connectivity index (χ2v) is 6.32. The van der Waals surface area contributed by atoms with Gasteiger partial charge >= 0.3 is 0 Å². The average molecular weight is 310 g/mol. The van der Waals surface area contributed by atoms with E-state index in [2.05, 4.69) is 4.98 Å². The number of nitrogens with one attached hydrogen (secondary N) is 1. The first-order valence-electron chi connectivity index (χ1n) is 8.10. The number of carbonyl (C=O) groups is 1. The highest BCUT2D eigenvalue weighted by Crippen LogP contribution is 2.28. The number of H-pyrrole nitrogens is 1. The molecule has 0 unspecified atom stereocenters. The van der Waals surface area contributed by atoms with Crippen LogP contribution in [0.15, 0.2) is 41.3 Å². The molecule has 1 aromatic heterocycles. The molecule has 1 amide bonds. The van der Waals surface area contributed by atoms with Gasteiger partial charge in [-0.05, 0) is 55.4 Å². The lowest BCUT2D eigenvalue weighted by atomic mass is 9.89. The number of rotatable bonds is 2. The van der Waals surface area contributed by atoms with Gasteiger partial charge in [0.05, 0.1) is 0 Å². The zero-order valence-corrected chi connectivity index (χ0v) is 13.6. The molecule has 1 N–H and O–H groups in total. The fourth-order valence-electron chi connectivity index (χ4n) is 3.44. The Hall–Kier alpha value is -2.36. The van der Waals surface area contributed by atoms with Crippen molar-refractivity contribution in [3.8, 4) is 0 Å². The maximum absolute atomic E-state index is 12.8. The fraction of sp³-hybridized carbons (Fsp3) is 0.368. The summed E-state index contributed by atoms with van der Waals surface area (Å²) in [6.07, 6.45) is 3.51. The molecule has 4 nitrogen and oxygen atoms in total. The number of carbonyl (C=O) groups excluding carboxylic acids is 1. The highest BCUT2D eigenvalue weighted by Gasteiger charge is 2.26. The predicted molar refractivity (Wildman–Crippen MR) is 90.9 cm³/mol. The predicted octanol–water partition coefficient (Wildman–Crippen LogP) is 3.01. The molecule has 0 aliphatic carbocycles. The van der Waals surface area contributed by atoms with E-state index in [-0.39, 0.29) is 11.5 Å². The van der Waals surface area contributed by atoms with Crippen molar-refractivity contribution in [1.29, 1.82) is 0 Å². The van der Waals surface area contributed by atoms with Gasteiger partial charge in [-0.25, -0.2) is 0 Å². The van der Waals surface area contributed by atoms with Crippen LogP contribution in [0.2, 0.25) is 0 Å². The van der Waals surface area contributed by atoms with Gasteiger partial charge in [0, 0.05) is 30.9 Å². The number of benzene rings is 1. The number of piperidine rings is 1. The summed E-state index contributed by atoms with van der Waals surface area (Å²) in [6.45, 7) is 5.46. The van der Waals surface area contributed by atoms with Crippen LogP contribution in [0.5, 0.6) is 0 Å². The Labute approximate surface area is 136 Å². The molecule has 4 heteroatoms. The van der Waals surface area contributed by atoms with Crippen LogP contribution in [0.25, 0.3) is 0 Å². The topological polar surface area (TPSA) is 53.2 Å². The lowest BCUT2D eigenvalue weighted by Crippen LogP contribution is -2.38. The molecule has 0 bridgehead atoms.